The molecule has 3 aromatic rings. The van der Waals surface area contributed by atoms with E-state index in [0.717, 1.165) is 29.3 Å². The Morgan fingerprint density at radius 2 is 1.79 bits per heavy atom. The third-order valence-corrected chi connectivity index (χ3v) is 6.07. The van der Waals surface area contributed by atoms with Gasteiger partial charge in [-0.2, -0.15) is 13.2 Å². The Hall–Kier alpha value is -2.65. The minimum Gasteiger partial charge on any atom is -0.381 e. The second kappa shape index (κ2) is 6.75. The molecular formula is C19H13F3N2O3S. The number of para-hydroxylation sites is 1. The van der Waals surface area contributed by atoms with Gasteiger partial charge in [0.15, 0.2) is 6.10 Å². The molecule has 0 aliphatic carbocycles. The van der Waals surface area contributed by atoms with E-state index in [2.05, 4.69) is 4.98 Å². The highest BCUT2D eigenvalue weighted by molar-refractivity contribution is 7.99. The Labute approximate surface area is 161 Å². The smallest absolute Gasteiger partial charge is 0.381 e. The van der Waals surface area contributed by atoms with Crippen molar-refractivity contribution in [2.24, 2.45) is 0 Å². The molecule has 0 fully saturated rings. The minimum atomic E-state index is -4.49. The number of nitro groups is 1. The first-order chi connectivity index (χ1) is 13.3. The maximum Gasteiger partial charge on any atom is 0.416 e. The number of aliphatic hydroxyl groups is 1. The average Bonchev–Trinajstić information content (AvgIpc) is 2.65. The van der Waals surface area contributed by atoms with Crippen LogP contribution in [0, 0.1) is 10.1 Å². The second-order valence-electron chi connectivity index (χ2n) is 6.45. The summed E-state index contributed by atoms with van der Waals surface area (Å²) in [4.78, 5) is 15.6. The van der Waals surface area contributed by atoms with E-state index in [9.17, 15) is 28.4 Å². The molecule has 0 amide bonds. The van der Waals surface area contributed by atoms with Crippen molar-refractivity contribution in [2.75, 3.05) is 0 Å². The molecule has 1 aliphatic rings. The monoisotopic (exact) mass is 406 g/mol. The lowest BCUT2D eigenvalue weighted by Crippen LogP contribution is -2.35. The average molecular weight is 406 g/mol. The van der Waals surface area contributed by atoms with Gasteiger partial charge in [-0.1, -0.05) is 42.1 Å². The van der Waals surface area contributed by atoms with Crippen LogP contribution in [0.25, 0.3) is 10.9 Å². The molecule has 1 N–H and O–H groups in total. The number of hydrogen-bond acceptors (Lipinski definition) is 5. The summed E-state index contributed by atoms with van der Waals surface area (Å²) >= 11 is 1.08. The summed E-state index contributed by atoms with van der Waals surface area (Å²) in [6, 6.07) is 11.7. The lowest BCUT2D eigenvalue weighted by atomic mass is 9.95. The normalized spacial score (nSPS) is 22.1. The maximum atomic E-state index is 12.8. The molecule has 0 unspecified atom stereocenters. The summed E-state index contributed by atoms with van der Waals surface area (Å²) in [6.45, 7) is 0. The van der Waals surface area contributed by atoms with Gasteiger partial charge in [-0.3, -0.25) is 10.1 Å². The molecule has 0 spiro atoms. The number of thioether (sulfide) groups is 1. The van der Waals surface area contributed by atoms with E-state index in [1.54, 1.807) is 30.3 Å². The number of fused-ring (bicyclic) bond motifs is 2. The summed E-state index contributed by atoms with van der Waals surface area (Å²) in [5.74, 6) is 0. The predicted octanol–water partition coefficient (Wildman–Crippen LogP) is 4.78. The van der Waals surface area contributed by atoms with Gasteiger partial charge >= 0.3 is 6.18 Å². The largest absolute Gasteiger partial charge is 0.416 e. The van der Waals surface area contributed by atoms with Crippen molar-refractivity contribution in [1.82, 2.24) is 4.98 Å². The van der Waals surface area contributed by atoms with Crippen molar-refractivity contribution in [3.8, 4) is 0 Å². The Morgan fingerprint density at radius 1 is 1.11 bits per heavy atom. The van der Waals surface area contributed by atoms with E-state index < -0.39 is 34.1 Å². The molecule has 144 valence electrons. The molecule has 1 aliphatic heterocycles. The van der Waals surface area contributed by atoms with Crippen LogP contribution >= 0.6 is 11.8 Å². The fourth-order valence-corrected chi connectivity index (χ4v) is 4.70. The number of hydrogen-bond donors (Lipinski definition) is 1. The summed E-state index contributed by atoms with van der Waals surface area (Å²) in [7, 11) is 0. The molecule has 1 aromatic heterocycles. The number of alkyl halides is 3. The number of nitrogens with zero attached hydrogens (tertiary/aromatic N) is 2. The molecule has 0 bridgehead atoms. The van der Waals surface area contributed by atoms with Crippen LogP contribution in [-0.2, 0) is 6.18 Å². The van der Waals surface area contributed by atoms with Crippen molar-refractivity contribution < 1.29 is 23.2 Å². The Morgan fingerprint density at radius 3 is 2.43 bits per heavy atom. The van der Waals surface area contributed by atoms with Crippen LogP contribution in [0.15, 0.2) is 59.6 Å². The van der Waals surface area contributed by atoms with E-state index in [-0.39, 0.29) is 0 Å². The van der Waals surface area contributed by atoms with Gasteiger partial charge in [0, 0.05) is 15.9 Å². The van der Waals surface area contributed by atoms with Crippen LogP contribution in [-0.4, -0.2) is 21.1 Å². The van der Waals surface area contributed by atoms with Gasteiger partial charge in [-0.25, -0.2) is 4.98 Å². The van der Waals surface area contributed by atoms with Gasteiger partial charge in [-0.15, -0.1) is 0 Å². The van der Waals surface area contributed by atoms with Crippen molar-refractivity contribution in [3.63, 3.8) is 0 Å². The Kier molecular flexibility index (Phi) is 4.51. The molecule has 0 radical (unpaired) electrons. The maximum absolute atomic E-state index is 12.8. The predicted molar refractivity (Wildman–Crippen MR) is 97.5 cm³/mol. The van der Waals surface area contributed by atoms with Crippen LogP contribution in [0.2, 0.25) is 0 Å². The number of pyridine rings is 1. The van der Waals surface area contributed by atoms with Crippen LogP contribution in [0.3, 0.4) is 0 Å². The highest BCUT2D eigenvalue weighted by atomic mass is 32.2. The molecule has 2 heterocycles. The summed E-state index contributed by atoms with van der Waals surface area (Å²) in [5, 5.41) is 22.7. The second-order valence-corrected chi connectivity index (χ2v) is 7.58. The molecule has 28 heavy (non-hydrogen) atoms. The van der Waals surface area contributed by atoms with Crippen molar-refractivity contribution in [1.29, 1.82) is 0 Å². The van der Waals surface area contributed by atoms with Gasteiger partial charge in [0.05, 0.1) is 11.1 Å². The minimum absolute atomic E-state index is 0.333. The fourth-order valence-electron chi connectivity index (χ4n) is 3.31. The standard InChI is InChI=1S/C19H13F3N2O3S/c20-19(21,22)12-7-5-10(6-8-12)17-15(24(26)27)16(25)13-9-11-3-1-2-4-14(11)23-18(13)28-17/h1-9,15-17,25H/t15-,16+,17+/m0/s1. The highest BCUT2D eigenvalue weighted by Crippen LogP contribution is 2.50. The molecule has 2 aromatic carbocycles. The zero-order valence-electron chi connectivity index (χ0n) is 14.1. The molecule has 4 rings (SSSR count). The van der Waals surface area contributed by atoms with Gasteiger partial charge in [0.1, 0.15) is 10.3 Å². The van der Waals surface area contributed by atoms with Crippen molar-refractivity contribution in [3.05, 3.63) is 81.4 Å². The van der Waals surface area contributed by atoms with Crippen LogP contribution in [0.4, 0.5) is 13.2 Å². The number of benzene rings is 2. The lowest BCUT2D eigenvalue weighted by molar-refractivity contribution is -0.536. The first-order valence-corrected chi connectivity index (χ1v) is 9.19. The van der Waals surface area contributed by atoms with Gasteiger partial charge < -0.3 is 5.11 Å². The van der Waals surface area contributed by atoms with E-state index in [4.69, 9.17) is 0 Å². The number of rotatable bonds is 2. The van der Waals surface area contributed by atoms with E-state index >= 15 is 0 Å². The summed E-state index contributed by atoms with van der Waals surface area (Å²) in [5.41, 5.74) is 0.527. The van der Waals surface area contributed by atoms with Crippen LogP contribution in [0.1, 0.15) is 28.0 Å². The number of aliphatic hydroxyl groups excluding tert-OH is 1. The summed E-state index contributed by atoms with van der Waals surface area (Å²) in [6.07, 6.45) is -5.91. The molecule has 0 saturated carbocycles. The van der Waals surface area contributed by atoms with Crippen molar-refractivity contribution >= 4 is 22.7 Å². The van der Waals surface area contributed by atoms with E-state index in [0.29, 0.717) is 21.7 Å². The SMILES string of the molecule is O=[N+]([O-])[C@H]1[C@H](O)c2cc3ccccc3nc2S[C@@H]1c1ccc(C(F)(F)F)cc1. The van der Waals surface area contributed by atoms with E-state index in [1.165, 1.54) is 12.1 Å². The Balaban J connectivity index is 1.79. The third kappa shape index (κ3) is 3.20. The van der Waals surface area contributed by atoms with Crippen LogP contribution in [0.5, 0.6) is 0 Å². The highest BCUT2D eigenvalue weighted by Gasteiger charge is 2.46. The van der Waals surface area contributed by atoms with Crippen molar-refractivity contribution in [2.45, 2.75) is 28.6 Å². The van der Waals surface area contributed by atoms with Gasteiger partial charge in [0.2, 0.25) is 0 Å². The first kappa shape index (κ1) is 18.7. The first-order valence-electron chi connectivity index (χ1n) is 8.31. The number of halogens is 3. The molecule has 0 saturated heterocycles. The molecule has 5 nitrogen and oxygen atoms in total. The van der Waals surface area contributed by atoms with Crippen LogP contribution < -0.4 is 0 Å². The zero-order chi connectivity index (χ0) is 20.1. The van der Waals surface area contributed by atoms with Gasteiger partial charge in [-0.05, 0) is 29.8 Å². The van der Waals surface area contributed by atoms with Gasteiger partial charge in [0.25, 0.3) is 6.04 Å². The topological polar surface area (TPSA) is 76.3 Å². The molecular weight excluding hydrogens is 393 g/mol. The summed E-state index contributed by atoms with van der Waals surface area (Å²) < 4.78 is 38.4. The Bertz CT molecular complexity index is 1060. The quantitative estimate of drug-likeness (QED) is 0.490. The molecule has 3 atom stereocenters. The third-order valence-electron chi connectivity index (χ3n) is 4.72. The fraction of sp³-hybridized carbons (Fsp3) is 0.211. The van der Waals surface area contributed by atoms with E-state index in [1.807, 2.05) is 0 Å². The number of aromatic nitrogens is 1. The molecule has 9 heteroatoms. The zero-order valence-corrected chi connectivity index (χ0v) is 14.9. The lowest BCUT2D eigenvalue weighted by Gasteiger charge is -2.30.